The van der Waals surface area contributed by atoms with E-state index in [0.717, 1.165) is 24.8 Å². The number of benzene rings is 1. The zero-order chi connectivity index (χ0) is 14.3. The molecule has 1 heterocycles. The van der Waals surface area contributed by atoms with Crippen molar-refractivity contribution in [2.45, 2.75) is 38.1 Å². The third kappa shape index (κ3) is 1.99. The van der Waals surface area contributed by atoms with Crippen molar-refractivity contribution in [2.24, 2.45) is 5.92 Å². The third-order valence-electron chi connectivity index (χ3n) is 4.62. The van der Waals surface area contributed by atoms with Gasteiger partial charge in [0, 0.05) is 6.54 Å². The highest BCUT2D eigenvalue weighted by atomic mass is 16.4. The number of likely N-dealkylation sites (tertiary alicyclic amines) is 1. The molecule has 0 spiro atoms. The number of hydrogen-bond acceptors (Lipinski definition) is 2. The Morgan fingerprint density at radius 3 is 2.75 bits per heavy atom. The first-order valence-corrected chi connectivity index (χ1v) is 7.20. The highest BCUT2D eigenvalue weighted by Gasteiger charge is 2.42. The average Bonchev–Trinajstić information content (AvgIpc) is 2.39. The van der Waals surface area contributed by atoms with Crippen LogP contribution in [0.15, 0.2) is 24.3 Å². The molecule has 0 bridgehead atoms. The molecule has 1 aliphatic heterocycles. The monoisotopic (exact) mass is 273 g/mol. The number of nitrogens with zero attached hydrogens (tertiary/aromatic N) is 1. The summed E-state index contributed by atoms with van der Waals surface area (Å²) in [5, 5.41) is 9.40. The number of hydrogen-bond donors (Lipinski definition) is 1. The van der Waals surface area contributed by atoms with Crippen molar-refractivity contribution < 1.29 is 14.7 Å². The van der Waals surface area contributed by atoms with Crippen LogP contribution in [0.5, 0.6) is 0 Å². The molecule has 4 nitrogen and oxygen atoms in total. The van der Waals surface area contributed by atoms with E-state index in [9.17, 15) is 14.7 Å². The van der Waals surface area contributed by atoms with Gasteiger partial charge in [0.15, 0.2) is 0 Å². The van der Waals surface area contributed by atoms with Crippen LogP contribution in [0.25, 0.3) is 0 Å². The fourth-order valence-electron chi connectivity index (χ4n) is 3.49. The second-order valence-corrected chi connectivity index (χ2v) is 5.89. The number of carboxylic acids is 1. The maximum atomic E-state index is 12.7. The van der Waals surface area contributed by atoms with Crippen molar-refractivity contribution in [1.29, 1.82) is 0 Å². The summed E-state index contributed by atoms with van der Waals surface area (Å²) in [5.74, 6) is -1.00. The Morgan fingerprint density at radius 1 is 1.30 bits per heavy atom. The number of aliphatic carboxylic acids is 1. The molecule has 0 radical (unpaired) electrons. The van der Waals surface area contributed by atoms with Crippen LogP contribution in [0, 0.1) is 5.92 Å². The quantitative estimate of drug-likeness (QED) is 0.897. The number of carbonyl (C=O) groups excluding carboxylic acids is 1. The lowest BCUT2D eigenvalue weighted by Crippen LogP contribution is -2.54. The number of carbonyl (C=O) groups is 2. The van der Waals surface area contributed by atoms with Crippen LogP contribution in [0.1, 0.15) is 36.8 Å². The molecule has 4 heteroatoms. The maximum absolute atomic E-state index is 12.7. The van der Waals surface area contributed by atoms with Gasteiger partial charge < -0.3 is 10.0 Å². The number of amides is 1. The zero-order valence-electron chi connectivity index (χ0n) is 11.6. The van der Waals surface area contributed by atoms with Crippen LogP contribution in [0.3, 0.4) is 0 Å². The van der Waals surface area contributed by atoms with Gasteiger partial charge in [-0.2, -0.15) is 0 Å². The van der Waals surface area contributed by atoms with Crippen LogP contribution < -0.4 is 0 Å². The van der Waals surface area contributed by atoms with E-state index >= 15 is 0 Å². The zero-order valence-corrected chi connectivity index (χ0v) is 11.6. The van der Waals surface area contributed by atoms with Gasteiger partial charge in [0.1, 0.15) is 6.04 Å². The van der Waals surface area contributed by atoms with Gasteiger partial charge >= 0.3 is 5.97 Å². The molecule has 3 atom stereocenters. The molecule has 1 amide bonds. The third-order valence-corrected chi connectivity index (χ3v) is 4.62. The Morgan fingerprint density at radius 2 is 2.05 bits per heavy atom. The molecule has 1 fully saturated rings. The summed E-state index contributed by atoms with van der Waals surface area (Å²) >= 11 is 0. The van der Waals surface area contributed by atoms with Gasteiger partial charge in [0.25, 0.3) is 0 Å². The van der Waals surface area contributed by atoms with Crippen LogP contribution >= 0.6 is 0 Å². The predicted octanol–water partition coefficient (Wildman–Crippen LogP) is 2.04. The van der Waals surface area contributed by atoms with E-state index in [-0.39, 0.29) is 17.7 Å². The molecule has 1 N–H and O–H groups in total. The van der Waals surface area contributed by atoms with E-state index in [2.05, 4.69) is 0 Å². The number of carboxylic acid groups (broad SMARTS) is 1. The van der Waals surface area contributed by atoms with Crippen molar-refractivity contribution in [1.82, 2.24) is 4.90 Å². The molecule has 106 valence electrons. The Labute approximate surface area is 118 Å². The van der Waals surface area contributed by atoms with E-state index in [4.69, 9.17) is 0 Å². The highest BCUT2D eigenvalue weighted by Crippen LogP contribution is 2.38. The van der Waals surface area contributed by atoms with Crippen LogP contribution in [-0.2, 0) is 16.0 Å². The molecule has 3 unspecified atom stereocenters. The molecule has 2 aliphatic rings. The van der Waals surface area contributed by atoms with Crippen LogP contribution in [0.4, 0.5) is 0 Å². The van der Waals surface area contributed by atoms with E-state index in [0.29, 0.717) is 6.54 Å². The smallest absolute Gasteiger partial charge is 0.326 e. The van der Waals surface area contributed by atoms with E-state index in [1.165, 1.54) is 5.56 Å². The first-order valence-electron chi connectivity index (χ1n) is 7.20. The van der Waals surface area contributed by atoms with Crippen molar-refractivity contribution in [3.05, 3.63) is 35.4 Å². The molecule has 3 rings (SSSR count). The van der Waals surface area contributed by atoms with E-state index in [1.807, 2.05) is 31.2 Å². The maximum Gasteiger partial charge on any atom is 0.326 e. The van der Waals surface area contributed by atoms with Crippen molar-refractivity contribution in [3.8, 4) is 0 Å². The van der Waals surface area contributed by atoms with Gasteiger partial charge in [-0.05, 0) is 36.3 Å². The Bertz CT molecular complexity index is 554. The number of fused-ring (bicyclic) bond motifs is 1. The molecule has 20 heavy (non-hydrogen) atoms. The summed E-state index contributed by atoms with van der Waals surface area (Å²) in [4.78, 5) is 25.7. The normalized spacial score (nSPS) is 28.4. The van der Waals surface area contributed by atoms with Gasteiger partial charge in [0.05, 0.1) is 5.92 Å². The molecule has 0 aromatic heterocycles. The summed E-state index contributed by atoms with van der Waals surface area (Å²) in [7, 11) is 0. The van der Waals surface area contributed by atoms with Gasteiger partial charge in [-0.25, -0.2) is 4.79 Å². The molecular formula is C16H19NO3. The predicted molar refractivity (Wildman–Crippen MR) is 74.4 cm³/mol. The molecule has 1 aromatic rings. The summed E-state index contributed by atoms with van der Waals surface area (Å²) in [5.41, 5.74) is 2.28. The Hall–Kier alpha value is -1.84. The number of rotatable bonds is 2. The highest BCUT2D eigenvalue weighted by molar-refractivity contribution is 5.90. The second kappa shape index (κ2) is 4.93. The minimum atomic E-state index is -0.877. The van der Waals surface area contributed by atoms with Gasteiger partial charge in [0.2, 0.25) is 5.91 Å². The van der Waals surface area contributed by atoms with Crippen molar-refractivity contribution in [2.75, 3.05) is 6.54 Å². The fraction of sp³-hybridized carbons (Fsp3) is 0.500. The average molecular weight is 273 g/mol. The number of piperidine rings is 1. The largest absolute Gasteiger partial charge is 0.480 e. The Kier molecular flexibility index (Phi) is 3.24. The van der Waals surface area contributed by atoms with E-state index < -0.39 is 12.0 Å². The minimum absolute atomic E-state index is 0.0114. The summed E-state index contributed by atoms with van der Waals surface area (Å²) in [6.45, 7) is 2.49. The lowest BCUT2D eigenvalue weighted by molar-refractivity contribution is -0.155. The van der Waals surface area contributed by atoms with Gasteiger partial charge in [-0.15, -0.1) is 0 Å². The fourth-order valence-corrected chi connectivity index (χ4v) is 3.49. The van der Waals surface area contributed by atoms with Crippen molar-refractivity contribution in [3.63, 3.8) is 0 Å². The van der Waals surface area contributed by atoms with Gasteiger partial charge in [-0.1, -0.05) is 31.2 Å². The van der Waals surface area contributed by atoms with Crippen molar-refractivity contribution >= 4 is 11.9 Å². The summed E-state index contributed by atoms with van der Waals surface area (Å²) in [6, 6.07) is 7.26. The SMILES string of the molecule is CC1CCCN(C(=O)C2Cc3ccccc32)C1C(=O)O. The molecule has 0 saturated carbocycles. The minimum Gasteiger partial charge on any atom is -0.480 e. The molecule has 1 aliphatic carbocycles. The molecular weight excluding hydrogens is 254 g/mol. The standard InChI is InChI=1S/C16H19NO3/c1-10-5-4-8-17(14(10)16(19)20)15(18)13-9-11-6-2-3-7-12(11)13/h2-3,6-7,10,13-14H,4-5,8-9H2,1H3,(H,19,20). The Balaban J connectivity index is 1.82. The summed E-state index contributed by atoms with van der Waals surface area (Å²) < 4.78 is 0. The molecule has 1 saturated heterocycles. The van der Waals surface area contributed by atoms with Gasteiger partial charge in [-0.3, -0.25) is 4.79 Å². The first kappa shape index (κ1) is 13.2. The van der Waals surface area contributed by atoms with Crippen LogP contribution in [0.2, 0.25) is 0 Å². The lowest BCUT2D eigenvalue weighted by atomic mass is 9.76. The first-order chi connectivity index (χ1) is 9.59. The van der Waals surface area contributed by atoms with Crippen LogP contribution in [-0.4, -0.2) is 34.5 Å². The summed E-state index contributed by atoms with van der Waals surface area (Å²) in [6.07, 6.45) is 2.51. The lowest BCUT2D eigenvalue weighted by Gasteiger charge is -2.41. The molecule has 1 aromatic carbocycles. The van der Waals surface area contributed by atoms with E-state index in [1.54, 1.807) is 4.90 Å². The topological polar surface area (TPSA) is 57.6 Å². The second-order valence-electron chi connectivity index (χ2n) is 5.89.